The molecule has 1 aliphatic carbocycles. The smallest absolute Gasteiger partial charge is 0.355 e. The number of hydrogen-bond acceptors (Lipinski definition) is 6. The van der Waals surface area contributed by atoms with Gasteiger partial charge in [-0.05, 0) is 43.4 Å². The Hall–Kier alpha value is -2.67. The molecule has 1 aromatic heterocycles. The van der Waals surface area contributed by atoms with E-state index in [1.165, 1.54) is 0 Å². The molecule has 0 atom stereocenters. The first-order valence-corrected chi connectivity index (χ1v) is 9.02. The highest BCUT2D eigenvalue weighted by Gasteiger charge is 2.36. The fourth-order valence-electron chi connectivity index (χ4n) is 3.47. The fourth-order valence-corrected chi connectivity index (χ4v) is 3.47. The molecule has 146 valence electrons. The Labute approximate surface area is 158 Å². The number of carbonyl (C=O) groups is 1. The summed E-state index contributed by atoms with van der Waals surface area (Å²) in [5, 5.41) is 0. The number of aromatic nitrogens is 1. The van der Waals surface area contributed by atoms with Crippen molar-refractivity contribution in [2.45, 2.75) is 32.2 Å². The minimum Gasteiger partial charge on any atom is -0.493 e. The number of ether oxygens (including phenoxy) is 4. The first-order chi connectivity index (χ1) is 13.1. The van der Waals surface area contributed by atoms with Crippen molar-refractivity contribution in [1.82, 2.24) is 4.98 Å². The first-order valence-electron chi connectivity index (χ1n) is 9.02. The number of methoxy groups -OCH3 is 3. The molecule has 2 aromatic rings. The van der Waals surface area contributed by atoms with E-state index < -0.39 is 0 Å². The second-order valence-electron chi connectivity index (χ2n) is 6.35. The van der Waals surface area contributed by atoms with Crippen molar-refractivity contribution in [3.63, 3.8) is 0 Å². The number of esters is 1. The lowest BCUT2D eigenvalue weighted by Gasteiger charge is -2.17. The average Bonchev–Trinajstić information content (AvgIpc) is 3.46. The zero-order chi connectivity index (χ0) is 19.6. The summed E-state index contributed by atoms with van der Waals surface area (Å²) in [5.74, 6) is 1.55. The molecular weight excluding hydrogens is 348 g/mol. The molecule has 1 heterocycles. The monoisotopic (exact) mass is 374 g/mol. The van der Waals surface area contributed by atoms with Gasteiger partial charge in [-0.25, -0.2) is 4.79 Å². The summed E-state index contributed by atoms with van der Waals surface area (Å²) in [6.45, 7) is 2.36. The van der Waals surface area contributed by atoms with Crippen LogP contribution in [0, 0.1) is 0 Å². The highest BCUT2D eigenvalue weighted by molar-refractivity contribution is 5.95. The van der Waals surface area contributed by atoms with E-state index in [0.717, 1.165) is 35.2 Å². The average molecular weight is 374 g/mol. The molecule has 7 heteroatoms. The zero-order valence-electron chi connectivity index (χ0n) is 16.2. The van der Waals surface area contributed by atoms with E-state index in [2.05, 4.69) is 4.98 Å². The molecule has 0 unspecified atom stereocenters. The van der Waals surface area contributed by atoms with Gasteiger partial charge in [-0.3, -0.25) is 0 Å². The Bertz CT molecular complexity index is 839. The van der Waals surface area contributed by atoms with Crippen molar-refractivity contribution in [2.75, 3.05) is 27.9 Å². The van der Waals surface area contributed by atoms with Crippen molar-refractivity contribution in [3.05, 3.63) is 29.1 Å². The van der Waals surface area contributed by atoms with Gasteiger partial charge in [0.2, 0.25) is 5.75 Å². The van der Waals surface area contributed by atoms with Crippen LogP contribution < -0.4 is 19.9 Å². The molecule has 0 amide bonds. The van der Waals surface area contributed by atoms with Gasteiger partial charge >= 0.3 is 5.97 Å². The van der Waals surface area contributed by atoms with Crippen molar-refractivity contribution in [1.29, 1.82) is 0 Å². The number of benzene rings is 1. The van der Waals surface area contributed by atoms with Gasteiger partial charge in [-0.1, -0.05) is 0 Å². The van der Waals surface area contributed by atoms with E-state index in [4.69, 9.17) is 24.7 Å². The second-order valence-corrected chi connectivity index (χ2v) is 6.35. The molecule has 1 saturated carbocycles. The molecule has 3 N–H and O–H groups in total. The maximum absolute atomic E-state index is 12.5. The van der Waals surface area contributed by atoms with Gasteiger partial charge in [-0.15, -0.1) is 0 Å². The molecule has 27 heavy (non-hydrogen) atoms. The maximum Gasteiger partial charge on any atom is 0.355 e. The van der Waals surface area contributed by atoms with Crippen molar-refractivity contribution in [3.8, 4) is 28.4 Å². The third-order valence-electron chi connectivity index (χ3n) is 4.76. The van der Waals surface area contributed by atoms with E-state index in [1.54, 1.807) is 28.3 Å². The molecule has 0 radical (unpaired) electrons. The molecule has 1 aliphatic rings. The van der Waals surface area contributed by atoms with Crippen LogP contribution in [0.4, 0.5) is 0 Å². The number of nitrogens with two attached hydrogens (primary N) is 1. The van der Waals surface area contributed by atoms with Crippen LogP contribution >= 0.6 is 0 Å². The highest BCUT2D eigenvalue weighted by atomic mass is 16.5. The summed E-state index contributed by atoms with van der Waals surface area (Å²) in [6.07, 6.45) is 2.05. The highest BCUT2D eigenvalue weighted by Crippen LogP contribution is 2.52. The van der Waals surface area contributed by atoms with E-state index >= 15 is 0 Å². The van der Waals surface area contributed by atoms with Gasteiger partial charge < -0.3 is 29.7 Å². The molecular formula is C20H26N2O5. The minimum atomic E-state index is -0.361. The van der Waals surface area contributed by atoms with Crippen LogP contribution in [-0.4, -0.2) is 38.9 Å². The lowest BCUT2D eigenvalue weighted by atomic mass is 9.95. The molecule has 0 saturated heterocycles. The van der Waals surface area contributed by atoms with Gasteiger partial charge in [0.25, 0.3) is 0 Å². The topological polar surface area (TPSA) is 95.8 Å². The van der Waals surface area contributed by atoms with E-state index in [0.29, 0.717) is 35.5 Å². The van der Waals surface area contributed by atoms with E-state index in [1.807, 2.05) is 12.1 Å². The molecule has 1 fully saturated rings. The molecule has 3 rings (SSSR count). The van der Waals surface area contributed by atoms with Crippen LogP contribution in [0.3, 0.4) is 0 Å². The van der Waals surface area contributed by atoms with E-state index in [-0.39, 0.29) is 12.5 Å². The number of aromatic amines is 1. The number of H-pyrrole nitrogens is 1. The number of rotatable bonds is 8. The van der Waals surface area contributed by atoms with Gasteiger partial charge in [0.05, 0.1) is 27.9 Å². The lowest BCUT2D eigenvalue weighted by Crippen LogP contribution is -2.08. The predicted octanol–water partition coefficient (Wildman–Crippen LogP) is 3.22. The Morgan fingerprint density at radius 3 is 2.37 bits per heavy atom. The number of nitrogens with one attached hydrogen (secondary N) is 1. The molecule has 0 aliphatic heterocycles. The van der Waals surface area contributed by atoms with Crippen LogP contribution in [0.5, 0.6) is 17.2 Å². The lowest BCUT2D eigenvalue weighted by molar-refractivity contribution is 0.0518. The fraction of sp³-hybridized carbons (Fsp3) is 0.450. The Balaban J connectivity index is 2.27. The number of carbonyl (C=O) groups excluding carboxylic acids is 1. The second kappa shape index (κ2) is 7.92. The minimum absolute atomic E-state index is 0.256. The molecule has 0 spiro atoms. The van der Waals surface area contributed by atoms with E-state index in [9.17, 15) is 4.79 Å². The summed E-state index contributed by atoms with van der Waals surface area (Å²) in [4.78, 5) is 15.7. The third kappa shape index (κ3) is 3.35. The van der Waals surface area contributed by atoms with Gasteiger partial charge in [0.1, 0.15) is 5.69 Å². The van der Waals surface area contributed by atoms with Crippen LogP contribution in [0.25, 0.3) is 11.1 Å². The Kier molecular flexibility index (Phi) is 5.60. The van der Waals surface area contributed by atoms with Gasteiger partial charge in [-0.2, -0.15) is 0 Å². The van der Waals surface area contributed by atoms with Crippen LogP contribution in [0.2, 0.25) is 0 Å². The largest absolute Gasteiger partial charge is 0.493 e. The van der Waals surface area contributed by atoms with Crippen molar-refractivity contribution >= 4 is 5.97 Å². The van der Waals surface area contributed by atoms with Gasteiger partial charge in [0, 0.05) is 23.4 Å². The molecule has 1 aromatic carbocycles. The summed E-state index contributed by atoms with van der Waals surface area (Å²) in [7, 11) is 4.72. The quantitative estimate of drug-likeness (QED) is 0.689. The van der Waals surface area contributed by atoms with Gasteiger partial charge in [0.15, 0.2) is 11.5 Å². The van der Waals surface area contributed by atoms with Crippen LogP contribution in [-0.2, 0) is 11.3 Å². The SMILES string of the molecule is CCOC(=O)c1[nH]c(CN)c(-c2ccc(OC)c(OC)c2OC)c1C1CC1. The van der Waals surface area contributed by atoms with Crippen LogP contribution in [0.15, 0.2) is 12.1 Å². The van der Waals surface area contributed by atoms with Crippen molar-refractivity contribution in [2.24, 2.45) is 5.73 Å². The Morgan fingerprint density at radius 1 is 1.15 bits per heavy atom. The summed E-state index contributed by atoms with van der Waals surface area (Å²) < 4.78 is 21.8. The zero-order valence-corrected chi connectivity index (χ0v) is 16.2. The first kappa shape index (κ1) is 19.1. The predicted molar refractivity (Wildman–Crippen MR) is 102 cm³/mol. The van der Waals surface area contributed by atoms with Crippen molar-refractivity contribution < 1.29 is 23.7 Å². The molecule has 7 nitrogen and oxygen atoms in total. The van der Waals surface area contributed by atoms with Crippen LogP contribution in [0.1, 0.15) is 47.4 Å². The normalized spacial score (nSPS) is 13.4. The maximum atomic E-state index is 12.5. The number of hydrogen-bond donors (Lipinski definition) is 2. The summed E-state index contributed by atoms with van der Waals surface area (Å²) in [6, 6.07) is 3.73. The summed E-state index contributed by atoms with van der Waals surface area (Å²) in [5.41, 5.74) is 9.89. The molecule has 0 bridgehead atoms. The Morgan fingerprint density at radius 2 is 1.85 bits per heavy atom. The third-order valence-corrected chi connectivity index (χ3v) is 4.76. The standard InChI is InChI=1S/C20H26N2O5/c1-5-27-20(23)17-15(11-6-7-11)16(13(10-21)22-17)12-8-9-14(24-2)19(26-4)18(12)25-3/h8-9,11,22H,5-7,10,21H2,1-4H3. The summed E-state index contributed by atoms with van der Waals surface area (Å²) >= 11 is 0.